The minimum absolute atomic E-state index is 0.122. The van der Waals surface area contributed by atoms with Gasteiger partial charge in [0.1, 0.15) is 0 Å². The molecule has 0 fully saturated rings. The van der Waals surface area contributed by atoms with Gasteiger partial charge in [0.15, 0.2) is 0 Å². The third-order valence-electron chi connectivity index (χ3n) is 1.30. The summed E-state index contributed by atoms with van der Waals surface area (Å²) in [7, 11) is -3.25. The highest BCUT2D eigenvalue weighted by Crippen LogP contribution is 2.03. The van der Waals surface area contributed by atoms with Crippen LogP contribution in [-0.2, 0) is 14.3 Å². The van der Waals surface area contributed by atoms with E-state index in [4.69, 9.17) is 4.18 Å². The second kappa shape index (κ2) is 5.54. The Morgan fingerprint density at radius 1 is 1.33 bits per heavy atom. The maximum Gasteiger partial charge on any atom is 0.267 e. The zero-order chi connectivity index (χ0) is 9.61. The lowest BCUT2D eigenvalue weighted by molar-refractivity contribution is 0.308. The summed E-state index contributed by atoms with van der Waals surface area (Å²) in [5, 5.41) is 0. The van der Waals surface area contributed by atoms with Crippen LogP contribution in [0.3, 0.4) is 0 Å². The minimum atomic E-state index is -3.25. The molecule has 0 saturated carbocycles. The molecular weight excluding hydrogens is 176 g/mol. The van der Waals surface area contributed by atoms with Gasteiger partial charge in [0.25, 0.3) is 10.1 Å². The fourth-order valence-corrected chi connectivity index (χ4v) is 2.07. The lowest BCUT2D eigenvalue weighted by atomic mass is 10.3. The molecule has 4 heteroatoms. The van der Waals surface area contributed by atoms with Crippen LogP contribution in [0.15, 0.2) is 0 Å². The molecule has 0 aromatic carbocycles. The van der Waals surface area contributed by atoms with E-state index >= 15 is 0 Å². The summed E-state index contributed by atoms with van der Waals surface area (Å²) in [6, 6.07) is 0. The van der Waals surface area contributed by atoms with Crippen LogP contribution in [-0.4, -0.2) is 20.8 Å². The van der Waals surface area contributed by atoms with Gasteiger partial charge in [0, 0.05) is 0 Å². The first kappa shape index (κ1) is 11.9. The van der Waals surface area contributed by atoms with E-state index in [1.807, 2.05) is 20.8 Å². The standard InChI is InChI=1S/C8H18O3S/c1-4-5-6-11-12(9,10)7-8(2)3/h8H,4-7H2,1-3H3. The zero-order valence-corrected chi connectivity index (χ0v) is 8.86. The van der Waals surface area contributed by atoms with Gasteiger partial charge < -0.3 is 0 Å². The highest BCUT2D eigenvalue weighted by molar-refractivity contribution is 7.86. The molecule has 0 amide bonds. The summed E-state index contributed by atoms with van der Waals surface area (Å²) in [6.07, 6.45) is 1.76. The largest absolute Gasteiger partial charge is 0.270 e. The highest BCUT2D eigenvalue weighted by Gasteiger charge is 2.12. The van der Waals surface area contributed by atoms with Crippen molar-refractivity contribution in [1.29, 1.82) is 0 Å². The SMILES string of the molecule is CCCCOS(=O)(=O)CC(C)C. The Hall–Kier alpha value is -0.0900. The second-order valence-electron chi connectivity index (χ2n) is 3.29. The van der Waals surface area contributed by atoms with Crippen LogP contribution in [0.25, 0.3) is 0 Å². The van der Waals surface area contributed by atoms with Crippen LogP contribution in [0.5, 0.6) is 0 Å². The number of rotatable bonds is 6. The molecule has 0 spiro atoms. The van der Waals surface area contributed by atoms with Crippen molar-refractivity contribution in [1.82, 2.24) is 0 Å². The van der Waals surface area contributed by atoms with Crippen molar-refractivity contribution in [3.63, 3.8) is 0 Å². The van der Waals surface area contributed by atoms with Crippen LogP contribution in [0.2, 0.25) is 0 Å². The summed E-state index contributed by atoms with van der Waals surface area (Å²) >= 11 is 0. The Bertz CT molecular complexity index is 194. The molecule has 0 unspecified atom stereocenters. The van der Waals surface area contributed by atoms with Crippen molar-refractivity contribution in [3.05, 3.63) is 0 Å². The van der Waals surface area contributed by atoms with Crippen LogP contribution < -0.4 is 0 Å². The van der Waals surface area contributed by atoms with Gasteiger partial charge in [-0.05, 0) is 12.3 Å². The lowest BCUT2D eigenvalue weighted by Crippen LogP contribution is -2.15. The Kier molecular flexibility index (Phi) is 5.50. The third-order valence-corrected chi connectivity index (χ3v) is 2.90. The third kappa shape index (κ3) is 6.61. The predicted molar refractivity (Wildman–Crippen MR) is 49.5 cm³/mol. The molecule has 74 valence electrons. The van der Waals surface area contributed by atoms with Gasteiger partial charge in [-0.25, -0.2) is 0 Å². The van der Waals surface area contributed by atoms with Crippen molar-refractivity contribution in [3.8, 4) is 0 Å². The van der Waals surface area contributed by atoms with Crippen LogP contribution in [0, 0.1) is 5.92 Å². The molecule has 0 atom stereocenters. The Balaban J connectivity index is 3.73. The van der Waals surface area contributed by atoms with E-state index in [1.165, 1.54) is 0 Å². The first-order chi connectivity index (χ1) is 5.48. The fourth-order valence-electron chi connectivity index (χ4n) is 0.787. The molecular formula is C8H18O3S. The first-order valence-electron chi connectivity index (χ1n) is 4.35. The molecule has 0 radical (unpaired) electrons. The zero-order valence-electron chi connectivity index (χ0n) is 8.04. The number of unbranched alkanes of at least 4 members (excludes halogenated alkanes) is 1. The average Bonchev–Trinajstić information content (AvgIpc) is 1.84. The molecule has 0 heterocycles. The van der Waals surface area contributed by atoms with Gasteiger partial charge in [-0.1, -0.05) is 27.2 Å². The van der Waals surface area contributed by atoms with Crippen LogP contribution >= 0.6 is 0 Å². The predicted octanol–water partition coefficient (Wildman–Crippen LogP) is 1.79. The summed E-state index contributed by atoms with van der Waals surface area (Å²) in [5.74, 6) is 0.258. The van der Waals surface area contributed by atoms with Crippen molar-refractivity contribution in [2.45, 2.75) is 33.6 Å². The molecule has 0 aromatic rings. The van der Waals surface area contributed by atoms with E-state index in [0.29, 0.717) is 6.61 Å². The first-order valence-corrected chi connectivity index (χ1v) is 5.92. The highest BCUT2D eigenvalue weighted by atomic mass is 32.2. The molecule has 0 aromatic heterocycles. The normalized spacial score (nSPS) is 12.3. The molecule has 12 heavy (non-hydrogen) atoms. The monoisotopic (exact) mass is 194 g/mol. The summed E-state index contributed by atoms with van der Waals surface area (Å²) in [6.45, 7) is 6.05. The van der Waals surface area contributed by atoms with Crippen LogP contribution in [0.1, 0.15) is 33.6 Å². The quantitative estimate of drug-likeness (QED) is 0.478. The van der Waals surface area contributed by atoms with E-state index < -0.39 is 10.1 Å². The summed E-state index contributed by atoms with van der Waals surface area (Å²) < 4.78 is 26.9. The number of hydrogen-bond acceptors (Lipinski definition) is 3. The van der Waals surface area contributed by atoms with Crippen molar-refractivity contribution in [2.24, 2.45) is 5.92 Å². The summed E-state index contributed by atoms with van der Waals surface area (Å²) in [5.41, 5.74) is 0. The maximum atomic E-state index is 11.1. The molecule has 0 aliphatic rings. The Morgan fingerprint density at radius 3 is 2.33 bits per heavy atom. The molecule has 0 N–H and O–H groups in total. The van der Waals surface area contributed by atoms with E-state index in [1.54, 1.807) is 0 Å². The van der Waals surface area contributed by atoms with Gasteiger partial charge in [-0.2, -0.15) is 8.42 Å². The van der Waals surface area contributed by atoms with Gasteiger partial charge in [0.2, 0.25) is 0 Å². The van der Waals surface area contributed by atoms with Crippen molar-refractivity contribution < 1.29 is 12.6 Å². The van der Waals surface area contributed by atoms with Gasteiger partial charge in [-0.15, -0.1) is 0 Å². The van der Waals surface area contributed by atoms with E-state index in [-0.39, 0.29) is 11.7 Å². The van der Waals surface area contributed by atoms with E-state index in [0.717, 1.165) is 12.8 Å². The average molecular weight is 194 g/mol. The molecule has 0 saturated heterocycles. The topological polar surface area (TPSA) is 43.4 Å². The smallest absolute Gasteiger partial charge is 0.267 e. The van der Waals surface area contributed by atoms with Gasteiger partial charge in [0.05, 0.1) is 12.4 Å². The fraction of sp³-hybridized carbons (Fsp3) is 1.00. The Labute approximate surface area is 75.2 Å². The summed E-state index contributed by atoms with van der Waals surface area (Å²) in [4.78, 5) is 0. The van der Waals surface area contributed by atoms with Gasteiger partial charge >= 0.3 is 0 Å². The molecule has 3 nitrogen and oxygen atoms in total. The van der Waals surface area contributed by atoms with E-state index in [9.17, 15) is 8.42 Å². The second-order valence-corrected chi connectivity index (χ2v) is 4.98. The van der Waals surface area contributed by atoms with Crippen molar-refractivity contribution >= 4 is 10.1 Å². The maximum absolute atomic E-state index is 11.1. The number of hydrogen-bond donors (Lipinski definition) is 0. The molecule has 0 aliphatic heterocycles. The molecule has 0 bridgehead atoms. The van der Waals surface area contributed by atoms with Crippen molar-refractivity contribution in [2.75, 3.05) is 12.4 Å². The molecule has 0 rings (SSSR count). The molecule has 0 aliphatic carbocycles. The van der Waals surface area contributed by atoms with Crippen LogP contribution in [0.4, 0.5) is 0 Å². The Morgan fingerprint density at radius 2 is 1.92 bits per heavy atom. The van der Waals surface area contributed by atoms with Gasteiger partial charge in [-0.3, -0.25) is 4.18 Å². The minimum Gasteiger partial charge on any atom is -0.270 e. The lowest BCUT2D eigenvalue weighted by Gasteiger charge is -2.06. The van der Waals surface area contributed by atoms with E-state index in [2.05, 4.69) is 0 Å².